The first-order valence-electron chi connectivity index (χ1n) is 18.3. The average Bonchev–Trinajstić information content (AvgIpc) is 3.05. The van der Waals surface area contributed by atoms with Gasteiger partial charge in [0.1, 0.15) is 34.1 Å². The number of hydrogen-bond donors (Lipinski definition) is 6. The lowest BCUT2D eigenvalue weighted by Gasteiger charge is -2.26. The van der Waals surface area contributed by atoms with Crippen LogP contribution in [0, 0.1) is 0 Å². The summed E-state index contributed by atoms with van der Waals surface area (Å²) in [5, 5.41) is 18.7. The Morgan fingerprint density at radius 3 is 0.709 bits per heavy atom. The van der Waals surface area contributed by atoms with Crippen LogP contribution < -0.4 is 136 Å². The van der Waals surface area contributed by atoms with Crippen LogP contribution in [0.1, 0.15) is 19.3 Å². The van der Waals surface area contributed by atoms with Gasteiger partial charge >= 0.3 is 0 Å². The van der Waals surface area contributed by atoms with E-state index >= 15 is 0 Å². The van der Waals surface area contributed by atoms with E-state index < -0.39 is 32.6 Å². The predicted molar refractivity (Wildman–Crippen MR) is 214 cm³/mol. The largest absolute Gasteiger partial charge is 1.00 e. The third-order valence-electron chi connectivity index (χ3n) is 8.84. The molecule has 16 nitrogen and oxygen atoms in total. The van der Waals surface area contributed by atoms with Crippen LogP contribution in [-0.2, 0) is 0 Å². The highest BCUT2D eigenvalue weighted by Crippen LogP contribution is 2.16. The van der Waals surface area contributed by atoms with Crippen molar-refractivity contribution >= 4 is 34.1 Å². The number of halogens is 3. The second-order valence-corrected chi connectivity index (χ2v) is 16.7. The maximum Gasteiger partial charge on any atom is 0.253 e. The molecule has 3 rings (SSSR count). The van der Waals surface area contributed by atoms with E-state index in [2.05, 4.69) is 100 Å². The van der Waals surface area contributed by atoms with Gasteiger partial charge in [0.2, 0.25) is 0 Å². The standard InChI is InChI=1S/C36H60N10O6.3HI/c1-44(2,3)22-10-13-37-25-28(34(50)31(25)47)40-16-19-43(20-17-41-29-26(32(48)35(29)51)38-14-11-23-45(4,5)6)21-18-42-30-27(33(49)36(30)52)39-15-12-24-46(7,8)9;;;/h10-24H2,1-9H3,(H3-3,37,38,39,40,41,42,47,48,49,50,51,52);3*1H. The molecule has 0 bridgehead atoms. The second-order valence-electron chi connectivity index (χ2n) is 16.7. The maximum atomic E-state index is 12.4. The summed E-state index contributed by atoms with van der Waals surface area (Å²) in [5.74, 6) is 0. The Morgan fingerprint density at radius 2 is 0.527 bits per heavy atom. The molecule has 0 aliphatic heterocycles. The van der Waals surface area contributed by atoms with E-state index in [4.69, 9.17) is 0 Å². The monoisotopic (exact) mass is 1110 g/mol. The van der Waals surface area contributed by atoms with Crippen LogP contribution in [0.4, 0.5) is 34.1 Å². The van der Waals surface area contributed by atoms with Crippen molar-refractivity contribution in [1.82, 2.24) is 4.90 Å². The molecule has 0 unspecified atom stereocenters. The summed E-state index contributed by atoms with van der Waals surface area (Å²) in [4.78, 5) is 76.1. The molecular formula is C36H63I3N10O6. The minimum absolute atomic E-state index is 0. The Labute approximate surface area is 376 Å². The van der Waals surface area contributed by atoms with Crippen LogP contribution in [0.5, 0.6) is 0 Å². The van der Waals surface area contributed by atoms with Crippen molar-refractivity contribution in [3.63, 3.8) is 0 Å². The van der Waals surface area contributed by atoms with E-state index in [0.29, 0.717) is 76.0 Å². The van der Waals surface area contributed by atoms with Crippen LogP contribution in [0.3, 0.4) is 0 Å². The summed E-state index contributed by atoms with van der Waals surface area (Å²) in [5.41, 5.74) is -1.46. The predicted octanol–water partition coefficient (Wildman–Crippen LogP) is -10.1. The van der Waals surface area contributed by atoms with Gasteiger partial charge in [-0.15, -0.1) is 0 Å². The summed E-state index contributed by atoms with van der Waals surface area (Å²) in [7, 11) is 18.8. The molecule has 0 spiro atoms. The number of nitrogens with one attached hydrogen (secondary N) is 6. The minimum atomic E-state index is -0.549. The van der Waals surface area contributed by atoms with Crippen LogP contribution in [0.15, 0.2) is 28.8 Å². The molecule has 19 heteroatoms. The molecule has 0 atom stereocenters. The molecule has 0 saturated carbocycles. The molecule has 6 N–H and O–H groups in total. The van der Waals surface area contributed by atoms with Gasteiger partial charge in [0.25, 0.3) is 32.6 Å². The summed E-state index contributed by atoms with van der Waals surface area (Å²) >= 11 is 0. The van der Waals surface area contributed by atoms with Gasteiger partial charge < -0.3 is 117 Å². The number of hydrogen-bond acceptors (Lipinski definition) is 13. The molecule has 0 aliphatic carbocycles. The van der Waals surface area contributed by atoms with E-state index in [-0.39, 0.29) is 89.0 Å². The Kier molecular flexibility index (Phi) is 22.6. The Hall–Kier alpha value is -1.93. The van der Waals surface area contributed by atoms with Gasteiger partial charge in [-0.25, -0.2) is 0 Å². The molecule has 0 heterocycles. The van der Waals surface area contributed by atoms with Gasteiger partial charge in [0, 0.05) is 78.2 Å². The zero-order chi connectivity index (χ0) is 38.9. The van der Waals surface area contributed by atoms with Gasteiger partial charge in [-0.1, -0.05) is 0 Å². The van der Waals surface area contributed by atoms with Crippen molar-refractivity contribution in [2.45, 2.75) is 19.3 Å². The molecule has 314 valence electrons. The number of anilines is 6. The summed E-state index contributed by atoms with van der Waals surface area (Å²) in [6.45, 7) is 6.94. The molecule has 3 aromatic carbocycles. The number of quaternary nitrogens is 3. The van der Waals surface area contributed by atoms with Crippen molar-refractivity contribution in [2.24, 2.45) is 0 Å². The van der Waals surface area contributed by atoms with Crippen LogP contribution in [-0.4, -0.2) is 160 Å². The molecule has 0 amide bonds. The van der Waals surface area contributed by atoms with Crippen LogP contribution in [0.25, 0.3) is 0 Å². The van der Waals surface area contributed by atoms with E-state index in [0.717, 1.165) is 52.3 Å². The second kappa shape index (κ2) is 23.5. The van der Waals surface area contributed by atoms with Gasteiger partial charge in [0.05, 0.1) is 83.1 Å². The summed E-state index contributed by atoms with van der Waals surface area (Å²) in [6, 6.07) is 0. The third kappa shape index (κ3) is 16.8. The Bertz CT molecular complexity index is 1630. The third-order valence-corrected chi connectivity index (χ3v) is 8.84. The highest BCUT2D eigenvalue weighted by Gasteiger charge is 2.24. The fourth-order valence-electron chi connectivity index (χ4n) is 5.84. The maximum absolute atomic E-state index is 12.4. The van der Waals surface area contributed by atoms with Crippen molar-refractivity contribution in [2.75, 3.05) is 174 Å². The lowest BCUT2D eigenvalue weighted by atomic mass is 10.1. The van der Waals surface area contributed by atoms with E-state index in [1.165, 1.54) is 0 Å². The summed E-state index contributed by atoms with van der Waals surface area (Å²) in [6.07, 6.45) is 2.52. The molecule has 3 aromatic rings. The normalized spacial score (nSPS) is 11.9. The SMILES string of the molecule is C[N+](C)(C)CCCNc1c(NCCN(CCNc2c(NCCC[N+](C)(C)C)c(=O)c2=O)CCNc2c(NCCC[N+](C)(C)C)c(=O)c2=O)c(=O)c1=O.[I-].[I-].[I-]. The molecule has 55 heavy (non-hydrogen) atoms. The minimum Gasteiger partial charge on any atom is -1.00 e. The average molecular weight is 1110 g/mol. The van der Waals surface area contributed by atoms with Gasteiger partial charge in [-0.2, -0.15) is 0 Å². The van der Waals surface area contributed by atoms with Crippen molar-refractivity contribution < 1.29 is 85.4 Å². The molecule has 0 fully saturated rings. The number of rotatable bonds is 27. The van der Waals surface area contributed by atoms with E-state index in [1.54, 1.807) is 0 Å². The molecular weight excluding hydrogens is 1050 g/mol. The van der Waals surface area contributed by atoms with Crippen molar-refractivity contribution in [3.8, 4) is 0 Å². The highest BCUT2D eigenvalue weighted by molar-refractivity contribution is 5.75. The van der Waals surface area contributed by atoms with Crippen LogP contribution >= 0.6 is 0 Å². The first kappa shape index (κ1) is 53.1. The van der Waals surface area contributed by atoms with E-state index in [1.807, 2.05) is 0 Å². The van der Waals surface area contributed by atoms with Gasteiger partial charge in [-0.05, 0) is 0 Å². The topological polar surface area (TPSA) is 178 Å². The first-order chi connectivity index (χ1) is 24.2. The Morgan fingerprint density at radius 1 is 0.345 bits per heavy atom. The zero-order valence-corrected chi connectivity index (χ0v) is 40.5. The molecule has 0 aromatic heterocycles. The lowest BCUT2D eigenvalue weighted by Crippen LogP contribution is -3.00. The fourth-order valence-corrected chi connectivity index (χ4v) is 5.84. The van der Waals surface area contributed by atoms with Crippen molar-refractivity contribution in [1.29, 1.82) is 0 Å². The van der Waals surface area contributed by atoms with Gasteiger partial charge in [0.15, 0.2) is 0 Å². The van der Waals surface area contributed by atoms with Crippen molar-refractivity contribution in [3.05, 3.63) is 61.3 Å². The first-order valence-corrected chi connectivity index (χ1v) is 18.3. The smallest absolute Gasteiger partial charge is 0.253 e. The quantitative estimate of drug-likeness (QED) is 0.0184. The zero-order valence-electron chi connectivity index (χ0n) is 34.0. The molecule has 0 aliphatic rings. The molecule has 0 saturated heterocycles. The van der Waals surface area contributed by atoms with E-state index in [9.17, 15) is 28.8 Å². The summed E-state index contributed by atoms with van der Waals surface area (Å²) < 4.78 is 2.39. The highest BCUT2D eigenvalue weighted by atomic mass is 127. The lowest BCUT2D eigenvalue weighted by molar-refractivity contribution is -0.870. The Balaban J connectivity index is 0.00000972. The fraction of sp³-hybridized carbons (Fsp3) is 0.667. The van der Waals surface area contributed by atoms with Crippen LogP contribution in [0.2, 0.25) is 0 Å². The molecule has 0 radical (unpaired) electrons. The van der Waals surface area contributed by atoms with Gasteiger partial charge in [-0.3, -0.25) is 33.7 Å². The number of nitrogens with zero attached hydrogens (tertiary/aromatic N) is 4.